The zero-order valence-electron chi connectivity index (χ0n) is 13.8. The first-order valence-electron chi connectivity index (χ1n) is 7.16. The van der Waals surface area contributed by atoms with Crippen LogP contribution in [-0.4, -0.2) is 12.8 Å². The standard InChI is InChI=1S/C20H25N/c1-8-10-17(11-9-2)20(21-7)19-13-16(6)15(5)12-18(19)14(3)4/h8-13H,1,3H2,2,4-7H3/b11-9-,17-10+,21-20?. The minimum absolute atomic E-state index is 0.967. The van der Waals surface area contributed by atoms with Gasteiger partial charge in [0.2, 0.25) is 0 Å². The number of hydrogen-bond donors (Lipinski definition) is 0. The zero-order valence-corrected chi connectivity index (χ0v) is 13.8. The molecule has 0 spiro atoms. The van der Waals surface area contributed by atoms with Crippen molar-refractivity contribution in [3.05, 3.63) is 77.4 Å². The predicted octanol–water partition coefficient (Wildman–Crippen LogP) is 5.44. The molecule has 1 aromatic carbocycles. The molecule has 0 unspecified atom stereocenters. The molecule has 0 aliphatic carbocycles. The summed E-state index contributed by atoms with van der Waals surface area (Å²) >= 11 is 0. The second-order valence-electron chi connectivity index (χ2n) is 5.19. The highest BCUT2D eigenvalue weighted by atomic mass is 14.7. The zero-order chi connectivity index (χ0) is 16.0. The Kier molecular flexibility index (Phi) is 6.10. The van der Waals surface area contributed by atoms with Crippen LogP contribution in [0.4, 0.5) is 0 Å². The van der Waals surface area contributed by atoms with Crippen molar-refractivity contribution in [1.29, 1.82) is 0 Å². The van der Waals surface area contributed by atoms with Crippen LogP contribution in [0.15, 0.2) is 60.2 Å². The van der Waals surface area contributed by atoms with Gasteiger partial charge in [0.15, 0.2) is 0 Å². The number of allylic oxidation sites excluding steroid dienone is 6. The van der Waals surface area contributed by atoms with Crippen molar-refractivity contribution < 1.29 is 0 Å². The minimum atomic E-state index is 0.967. The molecule has 0 heterocycles. The van der Waals surface area contributed by atoms with Crippen LogP contribution in [0.25, 0.3) is 5.57 Å². The van der Waals surface area contributed by atoms with Crippen LogP contribution >= 0.6 is 0 Å². The smallest absolute Gasteiger partial charge is 0.0721 e. The van der Waals surface area contributed by atoms with Gasteiger partial charge in [0.1, 0.15) is 0 Å². The molecule has 0 saturated heterocycles. The lowest BCUT2D eigenvalue weighted by molar-refractivity contribution is 1.31. The Morgan fingerprint density at radius 3 is 2.14 bits per heavy atom. The number of aliphatic imine (C=N–C) groups is 1. The van der Waals surface area contributed by atoms with Crippen molar-refractivity contribution >= 4 is 11.3 Å². The van der Waals surface area contributed by atoms with E-state index in [1.54, 1.807) is 6.08 Å². The Morgan fingerprint density at radius 2 is 1.71 bits per heavy atom. The summed E-state index contributed by atoms with van der Waals surface area (Å²) in [5.41, 5.74) is 7.88. The van der Waals surface area contributed by atoms with Crippen LogP contribution in [0, 0.1) is 13.8 Å². The van der Waals surface area contributed by atoms with Crippen molar-refractivity contribution in [2.24, 2.45) is 4.99 Å². The molecule has 0 aliphatic heterocycles. The summed E-state index contributed by atoms with van der Waals surface area (Å²) in [7, 11) is 1.83. The van der Waals surface area contributed by atoms with Gasteiger partial charge < -0.3 is 0 Å². The van der Waals surface area contributed by atoms with Crippen molar-refractivity contribution in [2.45, 2.75) is 27.7 Å². The summed E-state index contributed by atoms with van der Waals surface area (Å²) in [6, 6.07) is 4.39. The first-order valence-corrected chi connectivity index (χ1v) is 7.16. The molecule has 0 fully saturated rings. The summed E-state index contributed by atoms with van der Waals surface area (Å²) in [5.74, 6) is 0. The Balaban J connectivity index is 3.62. The van der Waals surface area contributed by atoms with E-state index >= 15 is 0 Å². The first-order chi connectivity index (χ1) is 9.96. The molecule has 0 atom stereocenters. The molecule has 0 N–H and O–H groups in total. The number of rotatable bonds is 5. The quantitative estimate of drug-likeness (QED) is 0.502. The fourth-order valence-corrected chi connectivity index (χ4v) is 2.29. The molecular weight excluding hydrogens is 254 g/mol. The van der Waals surface area contributed by atoms with Crippen molar-refractivity contribution in [3.63, 3.8) is 0 Å². The Labute approximate surface area is 129 Å². The third-order valence-electron chi connectivity index (χ3n) is 3.49. The van der Waals surface area contributed by atoms with E-state index in [2.05, 4.69) is 50.2 Å². The van der Waals surface area contributed by atoms with Crippen molar-refractivity contribution in [3.8, 4) is 0 Å². The topological polar surface area (TPSA) is 12.4 Å². The molecule has 1 rings (SSSR count). The number of hydrogen-bond acceptors (Lipinski definition) is 1. The minimum Gasteiger partial charge on any atom is -0.287 e. The second-order valence-corrected chi connectivity index (χ2v) is 5.19. The Hall–Kier alpha value is -2.15. The molecule has 0 saturated carbocycles. The fourth-order valence-electron chi connectivity index (χ4n) is 2.29. The molecule has 0 bridgehead atoms. The van der Waals surface area contributed by atoms with Gasteiger partial charge >= 0.3 is 0 Å². The lowest BCUT2D eigenvalue weighted by atomic mass is 9.90. The van der Waals surface area contributed by atoms with Gasteiger partial charge in [-0.05, 0) is 56.0 Å². The highest BCUT2D eigenvalue weighted by Crippen LogP contribution is 2.25. The van der Waals surface area contributed by atoms with Gasteiger partial charge in [-0.15, -0.1) is 0 Å². The molecule has 21 heavy (non-hydrogen) atoms. The molecule has 1 aromatic rings. The van der Waals surface area contributed by atoms with Gasteiger partial charge in [-0.3, -0.25) is 4.99 Å². The first kappa shape index (κ1) is 16.9. The maximum Gasteiger partial charge on any atom is 0.0721 e. The van der Waals surface area contributed by atoms with Crippen molar-refractivity contribution in [2.75, 3.05) is 7.05 Å². The van der Waals surface area contributed by atoms with Crippen LogP contribution in [0.2, 0.25) is 0 Å². The molecule has 110 valence electrons. The van der Waals surface area contributed by atoms with E-state index in [0.29, 0.717) is 0 Å². The van der Waals surface area contributed by atoms with Crippen LogP contribution in [0.5, 0.6) is 0 Å². The van der Waals surface area contributed by atoms with Crippen LogP contribution in [0.1, 0.15) is 36.1 Å². The van der Waals surface area contributed by atoms with Crippen LogP contribution in [0.3, 0.4) is 0 Å². The Morgan fingerprint density at radius 1 is 1.14 bits per heavy atom. The number of benzene rings is 1. The van der Waals surface area contributed by atoms with Crippen LogP contribution in [-0.2, 0) is 0 Å². The summed E-state index contributed by atoms with van der Waals surface area (Å²) < 4.78 is 0. The Bertz CT molecular complexity index is 640. The van der Waals surface area contributed by atoms with E-state index in [1.165, 1.54) is 11.1 Å². The molecule has 1 nitrogen and oxygen atoms in total. The molecular formula is C20H25N. The van der Waals surface area contributed by atoms with Gasteiger partial charge in [0.05, 0.1) is 5.71 Å². The van der Waals surface area contributed by atoms with Crippen molar-refractivity contribution in [1.82, 2.24) is 0 Å². The SMILES string of the molecule is C=C/C=C(\C=C/C)C(=NC)c1cc(C)c(C)cc1C(=C)C. The lowest BCUT2D eigenvalue weighted by Crippen LogP contribution is -2.08. The lowest BCUT2D eigenvalue weighted by Gasteiger charge is -2.16. The van der Waals surface area contributed by atoms with E-state index in [4.69, 9.17) is 0 Å². The van der Waals surface area contributed by atoms with Gasteiger partial charge in [-0.25, -0.2) is 0 Å². The molecule has 0 aromatic heterocycles. The highest BCUT2D eigenvalue weighted by Gasteiger charge is 2.13. The van der Waals surface area contributed by atoms with Gasteiger partial charge in [-0.2, -0.15) is 0 Å². The van der Waals surface area contributed by atoms with Gasteiger partial charge in [0, 0.05) is 12.6 Å². The summed E-state index contributed by atoms with van der Waals surface area (Å²) in [4.78, 5) is 4.52. The number of aryl methyl sites for hydroxylation is 2. The highest BCUT2D eigenvalue weighted by molar-refractivity contribution is 6.16. The molecule has 0 aliphatic rings. The van der Waals surface area contributed by atoms with E-state index in [9.17, 15) is 0 Å². The molecule has 1 heteroatoms. The largest absolute Gasteiger partial charge is 0.287 e. The maximum absolute atomic E-state index is 4.52. The van der Waals surface area contributed by atoms with Crippen LogP contribution < -0.4 is 0 Å². The average molecular weight is 279 g/mol. The fraction of sp³-hybridized carbons (Fsp3) is 0.250. The summed E-state index contributed by atoms with van der Waals surface area (Å²) in [6.07, 6.45) is 7.85. The third-order valence-corrected chi connectivity index (χ3v) is 3.49. The van der Waals surface area contributed by atoms with Gasteiger partial charge in [0.25, 0.3) is 0 Å². The van der Waals surface area contributed by atoms with E-state index < -0.39 is 0 Å². The van der Waals surface area contributed by atoms with E-state index in [0.717, 1.165) is 28.0 Å². The van der Waals surface area contributed by atoms with Gasteiger partial charge in [-0.1, -0.05) is 49.1 Å². The van der Waals surface area contributed by atoms with E-state index in [1.807, 2.05) is 33.0 Å². The third kappa shape index (κ3) is 3.91. The number of nitrogens with zero attached hydrogens (tertiary/aromatic N) is 1. The van der Waals surface area contributed by atoms with E-state index in [-0.39, 0.29) is 0 Å². The maximum atomic E-state index is 4.52. The summed E-state index contributed by atoms with van der Waals surface area (Å²) in [6.45, 7) is 16.2. The molecule has 0 amide bonds. The monoisotopic (exact) mass is 279 g/mol. The average Bonchev–Trinajstić information content (AvgIpc) is 2.43. The second kappa shape index (κ2) is 7.58. The molecule has 0 radical (unpaired) electrons. The normalized spacial score (nSPS) is 12.8. The summed E-state index contributed by atoms with van der Waals surface area (Å²) in [5, 5.41) is 0. The predicted molar refractivity (Wildman–Crippen MR) is 96.2 cm³/mol.